The van der Waals surface area contributed by atoms with Crippen LogP contribution in [-0.2, 0) is 6.42 Å². The molecule has 4 nitrogen and oxygen atoms in total. The first-order chi connectivity index (χ1) is 10.1. The Labute approximate surface area is 128 Å². The molecule has 2 rings (SSSR count). The molecule has 21 heavy (non-hydrogen) atoms. The van der Waals surface area contributed by atoms with Crippen LogP contribution in [0.2, 0.25) is 0 Å². The van der Waals surface area contributed by atoms with Crippen molar-refractivity contribution in [1.29, 1.82) is 0 Å². The number of aliphatic hydroxyl groups is 1. The van der Waals surface area contributed by atoms with E-state index in [0.717, 1.165) is 43.8 Å². The average molecular weight is 292 g/mol. The smallest absolute Gasteiger partial charge is 0.119 e. The molecule has 4 heteroatoms. The van der Waals surface area contributed by atoms with E-state index in [0.29, 0.717) is 0 Å². The molecule has 0 fully saturated rings. The first kappa shape index (κ1) is 16.3. The standard InChI is InChI=1S/C17H28N2O2/c1-5-8-19(10-9-18(2)3)16-11-13-6-7-14(21-4)12-15(13)17(16)20/h6-7,12,16-17,20H,5,8-11H2,1-4H3. The molecule has 0 aliphatic heterocycles. The molecule has 0 saturated carbocycles. The highest BCUT2D eigenvalue weighted by Gasteiger charge is 2.34. The predicted molar refractivity (Wildman–Crippen MR) is 85.9 cm³/mol. The number of nitrogens with zero attached hydrogens (tertiary/aromatic N) is 2. The van der Waals surface area contributed by atoms with E-state index < -0.39 is 6.10 Å². The first-order valence-electron chi connectivity index (χ1n) is 7.80. The van der Waals surface area contributed by atoms with Crippen LogP contribution < -0.4 is 4.74 Å². The van der Waals surface area contributed by atoms with E-state index in [9.17, 15) is 5.11 Å². The summed E-state index contributed by atoms with van der Waals surface area (Å²) >= 11 is 0. The van der Waals surface area contributed by atoms with Crippen LogP contribution in [0.1, 0.15) is 30.6 Å². The summed E-state index contributed by atoms with van der Waals surface area (Å²) in [7, 11) is 5.85. The molecule has 1 aliphatic carbocycles. The Morgan fingerprint density at radius 2 is 2.00 bits per heavy atom. The van der Waals surface area contributed by atoms with E-state index in [1.165, 1.54) is 5.56 Å². The average Bonchev–Trinajstić information content (AvgIpc) is 2.80. The number of fused-ring (bicyclic) bond motifs is 1. The maximum atomic E-state index is 10.7. The van der Waals surface area contributed by atoms with Gasteiger partial charge in [0.25, 0.3) is 0 Å². The lowest BCUT2D eigenvalue weighted by Gasteiger charge is -2.31. The van der Waals surface area contributed by atoms with Crippen LogP contribution in [0.4, 0.5) is 0 Å². The molecule has 1 N–H and O–H groups in total. The van der Waals surface area contributed by atoms with Crippen LogP contribution in [0.5, 0.6) is 5.75 Å². The third-order valence-electron chi connectivity index (χ3n) is 4.28. The van der Waals surface area contributed by atoms with E-state index in [1.54, 1.807) is 7.11 Å². The minimum atomic E-state index is -0.413. The summed E-state index contributed by atoms with van der Waals surface area (Å²) < 4.78 is 5.28. The normalized spacial score (nSPS) is 21.1. The van der Waals surface area contributed by atoms with Crippen LogP contribution in [0.15, 0.2) is 18.2 Å². The van der Waals surface area contributed by atoms with Gasteiger partial charge in [-0.3, -0.25) is 4.90 Å². The van der Waals surface area contributed by atoms with Crippen LogP contribution in [0.25, 0.3) is 0 Å². The molecule has 0 bridgehead atoms. The van der Waals surface area contributed by atoms with Crippen molar-refractivity contribution in [3.05, 3.63) is 29.3 Å². The number of benzene rings is 1. The Hall–Kier alpha value is -1.10. The van der Waals surface area contributed by atoms with Gasteiger partial charge in [0, 0.05) is 19.1 Å². The van der Waals surface area contributed by atoms with E-state index in [-0.39, 0.29) is 6.04 Å². The van der Waals surface area contributed by atoms with Gasteiger partial charge in [-0.2, -0.15) is 0 Å². The van der Waals surface area contributed by atoms with Crippen molar-refractivity contribution < 1.29 is 9.84 Å². The molecule has 0 heterocycles. The molecule has 1 aliphatic rings. The van der Waals surface area contributed by atoms with Crippen molar-refractivity contribution in [1.82, 2.24) is 9.80 Å². The van der Waals surface area contributed by atoms with Crippen LogP contribution >= 0.6 is 0 Å². The summed E-state index contributed by atoms with van der Waals surface area (Å²) in [6.45, 7) is 5.23. The Bertz CT molecular complexity index is 462. The molecule has 1 aromatic rings. The van der Waals surface area contributed by atoms with Gasteiger partial charge in [-0.1, -0.05) is 13.0 Å². The number of hydrogen-bond donors (Lipinski definition) is 1. The summed E-state index contributed by atoms with van der Waals surface area (Å²) in [6, 6.07) is 6.24. The van der Waals surface area contributed by atoms with Crippen LogP contribution in [0.3, 0.4) is 0 Å². The Kier molecular flexibility index (Phi) is 5.62. The van der Waals surface area contributed by atoms with Gasteiger partial charge < -0.3 is 14.7 Å². The van der Waals surface area contributed by atoms with Crippen molar-refractivity contribution in [2.75, 3.05) is 40.8 Å². The summed E-state index contributed by atoms with van der Waals surface area (Å²) in [5.41, 5.74) is 2.28. The Morgan fingerprint density at radius 1 is 1.24 bits per heavy atom. The van der Waals surface area contributed by atoms with Gasteiger partial charge in [0.2, 0.25) is 0 Å². The number of hydrogen-bond acceptors (Lipinski definition) is 4. The fourth-order valence-electron chi connectivity index (χ4n) is 3.09. The summed E-state index contributed by atoms with van der Waals surface area (Å²) in [6.07, 6.45) is 1.62. The van der Waals surface area contributed by atoms with Gasteiger partial charge in [0.05, 0.1) is 13.2 Å². The Balaban J connectivity index is 2.13. The summed E-state index contributed by atoms with van der Waals surface area (Å²) in [4.78, 5) is 4.62. The molecule has 0 radical (unpaired) electrons. The second-order valence-electron chi connectivity index (χ2n) is 6.12. The molecule has 1 aromatic carbocycles. The molecule has 2 atom stereocenters. The van der Waals surface area contributed by atoms with Crippen molar-refractivity contribution in [3.63, 3.8) is 0 Å². The minimum Gasteiger partial charge on any atom is -0.497 e. The topological polar surface area (TPSA) is 35.9 Å². The lowest BCUT2D eigenvalue weighted by molar-refractivity contribution is 0.0566. The van der Waals surface area contributed by atoms with Crippen molar-refractivity contribution in [2.24, 2.45) is 0 Å². The zero-order valence-electron chi connectivity index (χ0n) is 13.7. The summed E-state index contributed by atoms with van der Waals surface area (Å²) in [5.74, 6) is 0.823. The van der Waals surface area contributed by atoms with Crippen molar-refractivity contribution in [3.8, 4) is 5.75 Å². The number of aliphatic hydroxyl groups excluding tert-OH is 1. The molecule has 0 spiro atoms. The molecule has 0 amide bonds. The second-order valence-corrected chi connectivity index (χ2v) is 6.12. The molecule has 2 unspecified atom stereocenters. The first-order valence-corrected chi connectivity index (χ1v) is 7.80. The van der Waals surface area contributed by atoms with Gasteiger partial charge in [0.15, 0.2) is 0 Å². The van der Waals surface area contributed by atoms with E-state index >= 15 is 0 Å². The fraction of sp³-hybridized carbons (Fsp3) is 0.647. The van der Waals surface area contributed by atoms with Gasteiger partial charge in [-0.05, 0) is 56.7 Å². The monoisotopic (exact) mass is 292 g/mol. The van der Waals surface area contributed by atoms with E-state index in [2.05, 4.69) is 36.9 Å². The van der Waals surface area contributed by atoms with Gasteiger partial charge in [-0.25, -0.2) is 0 Å². The number of rotatable bonds is 7. The largest absolute Gasteiger partial charge is 0.497 e. The van der Waals surface area contributed by atoms with Gasteiger partial charge in [-0.15, -0.1) is 0 Å². The van der Waals surface area contributed by atoms with E-state index in [4.69, 9.17) is 4.74 Å². The molecule has 0 aromatic heterocycles. The molecular formula is C17H28N2O2. The second kappa shape index (κ2) is 7.25. The minimum absolute atomic E-state index is 0.187. The van der Waals surface area contributed by atoms with Crippen molar-refractivity contribution in [2.45, 2.75) is 31.9 Å². The zero-order chi connectivity index (χ0) is 15.4. The lowest BCUT2D eigenvalue weighted by atomic mass is 10.1. The number of ether oxygens (including phenoxy) is 1. The highest BCUT2D eigenvalue weighted by atomic mass is 16.5. The highest BCUT2D eigenvalue weighted by Crippen LogP contribution is 2.36. The maximum Gasteiger partial charge on any atom is 0.119 e. The molecular weight excluding hydrogens is 264 g/mol. The third kappa shape index (κ3) is 3.76. The predicted octanol–water partition coefficient (Wildman–Crippen LogP) is 1.93. The molecule has 118 valence electrons. The maximum absolute atomic E-state index is 10.7. The quantitative estimate of drug-likeness (QED) is 0.833. The highest BCUT2D eigenvalue weighted by molar-refractivity contribution is 5.41. The molecule has 0 saturated heterocycles. The zero-order valence-corrected chi connectivity index (χ0v) is 13.7. The van der Waals surface area contributed by atoms with Gasteiger partial charge in [0.1, 0.15) is 5.75 Å². The number of methoxy groups -OCH3 is 1. The van der Waals surface area contributed by atoms with Gasteiger partial charge >= 0.3 is 0 Å². The van der Waals surface area contributed by atoms with Crippen LogP contribution in [-0.4, -0.2) is 61.8 Å². The van der Waals surface area contributed by atoms with Crippen LogP contribution in [0, 0.1) is 0 Å². The summed E-state index contributed by atoms with van der Waals surface area (Å²) in [5, 5.41) is 10.7. The Morgan fingerprint density at radius 3 is 2.62 bits per heavy atom. The third-order valence-corrected chi connectivity index (χ3v) is 4.28. The van der Waals surface area contributed by atoms with Crippen molar-refractivity contribution >= 4 is 0 Å². The SMILES string of the molecule is CCCN(CCN(C)C)C1Cc2ccc(OC)cc2C1O. The number of likely N-dealkylation sites (N-methyl/N-ethyl adjacent to an activating group) is 1. The lowest BCUT2D eigenvalue weighted by Crippen LogP contribution is -2.42. The van der Waals surface area contributed by atoms with E-state index in [1.807, 2.05) is 12.1 Å². The fourth-order valence-corrected chi connectivity index (χ4v) is 3.09.